The van der Waals surface area contributed by atoms with Crippen LogP contribution in [0, 0.1) is 5.82 Å². The number of carbonyl (C=O) groups is 1. The van der Waals surface area contributed by atoms with Gasteiger partial charge < -0.3 is 24.8 Å². The maximum atomic E-state index is 13.5. The van der Waals surface area contributed by atoms with Gasteiger partial charge in [0.15, 0.2) is 0 Å². The molecule has 2 aromatic carbocycles. The average molecular weight is 447 g/mol. The fourth-order valence-corrected chi connectivity index (χ4v) is 3.36. The fraction of sp³-hybridized carbons (Fsp3) is 0.400. The van der Waals surface area contributed by atoms with E-state index >= 15 is 0 Å². The van der Waals surface area contributed by atoms with Crippen LogP contribution in [0.3, 0.4) is 0 Å². The zero-order chi connectivity index (χ0) is 23.7. The lowest BCUT2D eigenvalue weighted by atomic mass is 9.89. The summed E-state index contributed by atoms with van der Waals surface area (Å²) in [4.78, 5) is 10.7. The molecule has 0 saturated carbocycles. The van der Waals surface area contributed by atoms with Crippen LogP contribution < -0.4 is 4.74 Å². The van der Waals surface area contributed by atoms with Crippen LogP contribution in [0.25, 0.3) is 17.2 Å². The average Bonchev–Trinajstić information content (AvgIpc) is 2.72. The Morgan fingerprint density at radius 3 is 2.41 bits per heavy atom. The van der Waals surface area contributed by atoms with E-state index in [-0.39, 0.29) is 18.2 Å². The number of hydrogen-bond acceptors (Lipinski definition) is 5. The SMILES string of the molecule is COCCOc1cc(-c2ccc(F)cc2)c(C=CC(O)CC(O)CC(=O)O)c(C(C)C)c1. The van der Waals surface area contributed by atoms with Crippen LogP contribution in [0.15, 0.2) is 42.5 Å². The lowest BCUT2D eigenvalue weighted by molar-refractivity contribution is -0.139. The van der Waals surface area contributed by atoms with Gasteiger partial charge in [-0.2, -0.15) is 0 Å². The second-order valence-electron chi connectivity index (χ2n) is 7.89. The third kappa shape index (κ3) is 7.75. The Labute approximate surface area is 187 Å². The molecule has 0 heterocycles. The quantitative estimate of drug-likeness (QED) is 0.422. The number of aliphatic hydroxyl groups is 2. The van der Waals surface area contributed by atoms with Crippen molar-refractivity contribution in [1.29, 1.82) is 0 Å². The van der Waals surface area contributed by atoms with Crippen molar-refractivity contribution in [2.24, 2.45) is 0 Å². The van der Waals surface area contributed by atoms with E-state index in [1.54, 1.807) is 25.3 Å². The Kier molecular flexibility index (Phi) is 9.84. The highest BCUT2D eigenvalue weighted by Crippen LogP contribution is 2.36. The molecule has 32 heavy (non-hydrogen) atoms. The van der Waals surface area contributed by atoms with Gasteiger partial charge in [-0.1, -0.05) is 38.1 Å². The predicted octanol–water partition coefficient (Wildman–Crippen LogP) is 4.24. The van der Waals surface area contributed by atoms with Gasteiger partial charge in [0, 0.05) is 13.5 Å². The topological polar surface area (TPSA) is 96.2 Å². The molecular formula is C25H31FO6. The van der Waals surface area contributed by atoms with Crippen molar-refractivity contribution >= 4 is 12.0 Å². The van der Waals surface area contributed by atoms with Gasteiger partial charge in [0.1, 0.15) is 18.2 Å². The molecule has 2 atom stereocenters. The first kappa shape index (κ1) is 25.5. The fourth-order valence-electron chi connectivity index (χ4n) is 3.36. The summed E-state index contributed by atoms with van der Waals surface area (Å²) in [7, 11) is 1.60. The number of ether oxygens (including phenoxy) is 2. The summed E-state index contributed by atoms with van der Waals surface area (Å²) in [5.41, 5.74) is 3.38. The third-order valence-electron chi connectivity index (χ3n) is 4.93. The number of rotatable bonds is 12. The molecular weight excluding hydrogens is 415 g/mol. The highest BCUT2D eigenvalue weighted by molar-refractivity contribution is 5.79. The molecule has 0 amide bonds. The van der Waals surface area contributed by atoms with E-state index in [4.69, 9.17) is 14.6 Å². The summed E-state index contributed by atoms with van der Waals surface area (Å²) in [5, 5.41) is 28.9. The molecule has 0 saturated heterocycles. The van der Waals surface area contributed by atoms with Crippen LogP contribution in [-0.4, -0.2) is 53.8 Å². The number of aliphatic hydroxyl groups excluding tert-OH is 2. The van der Waals surface area contributed by atoms with Crippen LogP contribution in [0.5, 0.6) is 5.75 Å². The number of aliphatic carboxylic acids is 1. The molecule has 174 valence electrons. The van der Waals surface area contributed by atoms with Gasteiger partial charge in [0.25, 0.3) is 0 Å². The number of methoxy groups -OCH3 is 1. The number of hydrogen-bond donors (Lipinski definition) is 3. The number of halogens is 1. The first-order chi connectivity index (χ1) is 15.2. The summed E-state index contributed by atoms with van der Waals surface area (Å²) >= 11 is 0. The van der Waals surface area contributed by atoms with E-state index in [0.717, 1.165) is 22.3 Å². The molecule has 0 aliphatic heterocycles. The highest BCUT2D eigenvalue weighted by Gasteiger charge is 2.17. The minimum absolute atomic E-state index is 0.0933. The predicted molar refractivity (Wildman–Crippen MR) is 121 cm³/mol. The minimum atomic E-state index is -1.15. The second-order valence-corrected chi connectivity index (χ2v) is 7.89. The molecule has 0 aliphatic rings. The summed E-state index contributed by atoms with van der Waals surface area (Å²) in [6, 6.07) is 9.91. The zero-order valence-corrected chi connectivity index (χ0v) is 18.6. The van der Waals surface area contributed by atoms with Crippen molar-refractivity contribution in [3.63, 3.8) is 0 Å². The van der Waals surface area contributed by atoms with Crippen molar-refractivity contribution in [2.45, 2.75) is 44.8 Å². The van der Waals surface area contributed by atoms with Gasteiger partial charge in [-0.25, -0.2) is 4.39 Å². The van der Waals surface area contributed by atoms with Crippen molar-refractivity contribution in [2.75, 3.05) is 20.3 Å². The van der Waals surface area contributed by atoms with Gasteiger partial charge in [0.05, 0.1) is 25.2 Å². The third-order valence-corrected chi connectivity index (χ3v) is 4.93. The van der Waals surface area contributed by atoms with Crippen molar-refractivity contribution in [3.05, 3.63) is 59.4 Å². The van der Waals surface area contributed by atoms with Crippen molar-refractivity contribution in [3.8, 4) is 16.9 Å². The summed E-state index contributed by atoms with van der Waals surface area (Å²) in [6.07, 6.45) is 0.587. The van der Waals surface area contributed by atoms with E-state index in [1.807, 2.05) is 26.0 Å². The summed E-state index contributed by atoms with van der Waals surface area (Å²) in [5.74, 6) is -0.696. The number of benzene rings is 2. The van der Waals surface area contributed by atoms with Crippen LogP contribution in [0.2, 0.25) is 0 Å². The number of carboxylic acids is 1. The molecule has 2 aromatic rings. The van der Waals surface area contributed by atoms with Crippen molar-refractivity contribution < 1.29 is 34.0 Å². The van der Waals surface area contributed by atoms with E-state index in [0.29, 0.717) is 19.0 Å². The summed E-state index contributed by atoms with van der Waals surface area (Å²) in [6.45, 7) is 4.89. The molecule has 7 heteroatoms. The lowest BCUT2D eigenvalue weighted by Crippen LogP contribution is -2.19. The largest absolute Gasteiger partial charge is 0.491 e. The van der Waals surface area contributed by atoms with E-state index in [9.17, 15) is 19.4 Å². The van der Waals surface area contributed by atoms with Crippen LogP contribution in [0.4, 0.5) is 4.39 Å². The monoisotopic (exact) mass is 446 g/mol. The van der Waals surface area contributed by atoms with Crippen LogP contribution in [-0.2, 0) is 9.53 Å². The Hall–Kier alpha value is -2.74. The molecule has 0 radical (unpaired) electrons. The normalized spacial score (nSPS) is 13.5. The Balaban J connectivity index is 2.45. The first-order valence-corrected chi connectivity index (χ1v) is 10.5. The Morgan fingerprint density at radius 2 is 1.81 bits per heavy atom. The Bertz CT molecular complexity index is 907. The molecule has 0 fully saturated rings. The van der Waals surface area contributed by atoms with Crippen LogP contribution in [0.1, 0.15) is 43.7 Å². The van der Waals surface area contributed by atoms with Gasteiger partial charge in [0.2, 0.25) is 0 Å². The van der Waals surface area contributed by atoms with E-state index in [1.165, 1.54) is 18.2 Å². The molecule has 2 unspecified atom stereocenters. The smallest absolute Gasteiger partial charge is 0.305 e. The maximum absolute atomic E-state index is 13.5. The first-order valence-electron chi connectivity index (χ1n) is 10.5. The maximum Gasteiger partial charge on any atom is 0.305 e. The summed E-state index contributed by atoms with van der Waals surface area (Å²) < 4.78 is 24.4. The molecule has 0 spiro atoms. The molecule has 0 bridgehead atoms. The second kappa shape index (κ2) is 12.3. The van der Waals surface area contributed by atoms with Gasteiger partial charge in [-0.05, 0) is 52.4 Å². The molecule has 3 N–H and O–H groups in total. The van der Waals surface area contributed by atoms with Gasteiger partial charge in [-0.3, -0.25) is 4.79 Å². The van der Waals surface area contributed by atoms with Crippen LogP contribution >= 0.6 is 0 Å². The minimum Gasteiger partial charge on any atom is -0.491 e. The molecule has 2 rings (SSSR count). The lowest BCUT2D eigenvalue weighted by Gasteiger charge is -2.19. The van der Waals surface area contributed by atoms with Crippen molar-refractivity contribution in [1.82, 2.24) is 0 Å². The van der Waals surface area contributed by atoms with Gasteiger partial charge >= 0.3 is 5.97 Å². The van der Waals surface area contributed by atoms with E-state index in [2.05, 4.69) is 0 Å². The molecule has 0 aromatic heterocycles. The molecule has 6 nitrogen and oxygen atoms in total. The standard InChI is InChI=1S/C25H31FO6/c1-16(2)23-14-21(32-11-10-31-3)15-24(17-4-6-18(26)7-5-17)22(23)9-8-19(27)12-20(28)13-25(29)30/h4-9,14-16,19-20,27-28H,10-13H2,1-3H3,(H,29,30). The van der Waals surface area contributed by atoms with E-state index < -0.39 is 24.6 Å². The van der Waals surface area contributed by atoms with Gasteiger partial charge in [-0.15, -0.1) is 0 Å². The molecule has 0 aliphatic carbocycles. The zero-order valence-electron chi connectivity index (χ0n) is 18.6. The Morgan fingerprint density at radius 1 is 1.12 bits per heavy atom. The number of carboxylic acid groups (broad SMARTS) is 1. The highest BCUT2D eigenvalue weighted by atomic mass is 19.1.